The van der Waals surface area contributed by atoms with E-state index in [1.54, 1.807) is 14.0 Å². The second-order valence-electron chi connectivity index (χ2n) is 9.04. The summed E-state index contributed by atoms with van der Waals surface area (Å²) < 4.78 is 11.8. The van der Waals surface area contributed by atoms with E-state index in [9.17, 15) is 4.79 Å². The number of ether oxygens (including phenoxy) is 2. The van der Waals surface area contributed by atoms with Crippen molar-refractivity contribution in [1.82, 2.24) is 4.98 Å². The first kappa shape index (κ1) is 26.8. The van der Waals surface area contributed by atoms with Crippen LogP contribution in [0.3, 0.4) is 0 Å². The minimum Gasteiger partial charge on any atom is -0.461 e. The molecule has 1 aliphatic heterocycles. The number of rotatable bonds is 8. The van der Waals surface area contributed by atoms with Crippen LogP contribution >= 0.6 is 15.9 Å². The van der Waals surface area contributed by atoms with Crippen molar-refractivity contribution in [3.05, 3.63) is 70.3 Å². The van der Waals surface area contributed by atoms with Gasteiger partial charge in [0.25, 0.3) is 0 Å². The lowest BCUT2D eigenvalue weighted by Crippen LogP contribution is -2.36. The molecular weight excluding hydrogens is 532 g/mol. The summed E-state index contributed by atoms with van der Waals surface area (Å²) in [6.07, 6.45) is 0. The molecule has 1 aliphatic rings. The predicted octanol–water partition coefficient (Wildman–Crippen LogP) is 6.34. The minimum atomic E-state index is -0.461. The molecule has 1 fully saturated rings. The molecular formula is C29H33BrN4O3. The quantitative estimate of drug-likeness (QED) is 0.254. The number of anilines is 3. The predicted molar refractivity (Wildman–Crippen MR) is 153 cm³/mol. The van der Waals surface area contributed by atoms with E-state index >= 15 is 0 Å². The van der Waals surface area contributed by atoms with E-state index in [0.717, 1.165) is 64.6 Å². The molecule has 194 valence electrons. The summed E-state index contributed by atoms with van der Waals surface area (Å²) in [6.45, 7) is 9.47. The Kier molecular flexibility index (Phi) is 8.95. The van der Waals surface area contributed by atoms with Crippen LogP contribution in [0.2, 0.25) is 0 Å². The number of hydrogen-bond acceptors (Lipinski definition) is 7. The number of morpholine rings is 1. The Balaban J connectivity index is 1.89. The van der Waals surface area contributed by atoms with Crippen LogP contribution in [0.15, 0.2) is 64.1 Å². The van der Waals surface area contributed by atoms with Crippen LogP contribution in [-0.2, 0) is 9.47 Å². The first-order valence-corrected chi connectivity index (χ1v) is 13.4. The molecule has 7 nitrogen and oxygen atoms in total. The summed E-state index contributed by atoms with van der Waals surface area (Å²) in [5.41, 5.74) is 5.84. The summed E-state index contributed by atoms with van der Waals surface area (Å²) in [4.78, 5) is 24.6. The molecule has 1 aromatic heterocycles. The van der Waals surface area contributed by atoms with Crippen LogP contribution in [0.4, 0.5) is 17.2 Å². The van der Waals surface area contributed by atoms with E-state index in [2.05, 4.69) is 69.3 Å². The first-order chi connectivity index (χ1) is 17.9. The Labute approximate surface area is 227 Å². The fourth-order valence-corrected chi connectivity index (χ4v) is 4.87. The smallest absolute Gasteiger partial charge is 0.357 e. The zero-order chi connectivity index (χ0) is 26.4. The van der Waals surface area contributed by atoms with Gasteiger partial charge in [0.05, 0.1) is 19.8 Å². The summed E-state index contributed by atoms with van der Waals surface area (Å²) in [5, 5.41) is 3.44. The van der Waals surface area contributed by atoms with Crippen molar-refractivity contribution in [3.63, 3.8) is 0 Å². The average molecular weight is 566 g/mol. The number of carbonyl (C=O) groups is 1. The second kappa shape index (κ2) is 12.3. The Morgan fingerprint density at radius 3 is 2.51 bits per heavy atom. The van der Waals surface area contributed by atoms with Crippen molar-refractivity contribution in [1.29, 1.82) is 0 Å². The van der Waals surface area contributed by atoms with E-state index in [4.69, 9.17) is 14.5 Å². The van der Waals surface area contributed by atoms with E-state index in [-0.39, 0.29) is 18.2 Å². The van der Waals surface area contributed by atoms with Gasteiger partial charge in [-0.15, -0.1) is 0 Å². The van der Waals surface area contributed by atoms with Crippen LogP contribution in [0.5, 0.6) is 0 Å². The van der Waals surface area contributed by atoms with E-state index in [1.165, 1.54) is 0 Å². The Morgan fingerprint density at radius 1 is 1.16 bits per heavy atom. The maximum Gasteiger partial charge on any atom is 0.357 e. The van der Waals surface area contributed by atoms with E-state index in [0.29, 0.717) is 5.82 Å². The molecule has 2 aromatic carbocycles. The highest BCUT2D eigenvalue weighted by molar-refractivity contribution is 9.10. The van der Waals surface area contributed by atoms with Crippen LogP contribution < -0.4 is 10.2 Å². The lowest BCUT2D eigenvalue weighted by atomic mass is 9.91. The van der Waals surface area contributed by atoms with Gasteiger partial charge in [-0.1, -0.05) is 48.0 Å². The number of nitrogens with zero attached hydrogens (tertiary/aromatic N) is 3. The number of hydrogen-bond donors (Lipinski definition) is 1. The van der Waals surface area contributed by atoms with Gasteiger partial charge in [0.15, 0.2) is 5.69 Å². The Hall–Kier alpha value is -3.23. The molecule has 4 rings (SSSR count). The van der Waals surface area contributed by atoms with Gasteiger partial charge in [0.2, 0.25) is 0 Å². The zero-order valence-electron chi connectivity index (χ0n) is 21.8. The highest BCUT2D eigenvalue weighted by atomic mass is 79.9. The average Bonchev–Trinajstić information content (AvgIpc) is 2.90. The molecule has 0 bridgehead atoms. The molecule has 2 heterocycles. The summed E-state index contributed by atoms with van der Waals surface area (Å²) >= 11 is 3.54. The number of esters is 1. The van der Waals surface area contributed by atoms with Crippen molar-refractivity contribution in [2.24, 2.45) is 10.9 Å². The molecule has 37 heavy (non-hydrogen) atoms. The highest BCUT2D eigenvalue weighted by Crippen LogP contribution is 2.35. The van der Waals surface area contributed by atoms with Crippen molar-refractivity contribution >= 4 is 44.8 Å². The summed E-state index contributed by atoms with van der Waals surface area (Å²) in [6, 6.07) is 18.1. The van der Waals surface area contributed by atoms with E-state index in [1.807, 2.05) is 30.3 Å². The van der Waals surface area contributed by atoms with Crippen molar-refractivity contribution in [2.45, 2.75) is 20.8 Å². The number of pyridine rings is 1. The van der Waals surface area contributed by atoms with Gasteiger partial charge in [0.1, 0.15) is 5.82 Å². The van der Waals surface area contributed by atoms with Crippen molar-refractivity contribution in [2.75, 3.05) is 50.2 Å². The largest absolute Gasteiger partial charge is 0.461 e. The SMILES string of the molecule is CCOC(=O)c1cc(-c2ccc(N3CCOCC3)cc2)c(C(=NC)C(C)C)c(Nc2cccc(Br)c2)n1. The Morgan fingerprint density at radius 2 is 1.89 bits per heavy atom. The number of aromatic nitrogens is 1. The maximum atomic E-state index is 12.9. The first-order valence-electron chi connectivity index (χ1n) is 12.6. The van der Waals surface area contributed by atoms with Crippen LogP contribution in [0, 0.1) is 5.92 Å². The van der Waals surface area contributed by atoms with Gasteiger partial charge in [-0.2, -0.15) is 0 Å². The second-order valence-corrected chi connectivity index (χ2v) is 9.96. The summed E-state index contributed by atoms with van der Waals surface area (Å²) in [5.74, 6) is 0.233. The molecule has 1 saturated heterocycles. The third-order valence-electron chi connectivity index (χ3n) is 6.19. The number of nitrogens with one attached hydrogen (secondary N) is 1. The minimum absolute atomic E-state index is 0.134. The standard InChI is InChI=1S/C29H33BrN4O3/c1-5-37-29(35)25-18-24(20-9-11-23(12-10-20)34-13-15-36-16-14-34)26(27(31-4)19(2)3)28(33-25)32-22-8-6-7-21(30)17-22/h6-12,17-19H,5,13-16H2,1-4H3,(H,32,33). The molecule has 0 atom stereocenters. The molecule has 0 spiro atoms. The number of carbonyl (C=O) groups excluding carboxylic acids is 1. The lowest BCUT2D eigenvalue weighted by molar-refractivity contribution is 0.0519. The van der Waals surface area contributed by atoms with E-state index < -0.39 is 5.97 Å². The normalized spacial score (nSPS) is 14.1. The molecule has 0 aliphatic carbocycles. The third-order valence-corrected chi connectivity index (χ3v) is 6.68. The maximum absolute atomic E-state index is 12.9. The molecule has 8 heteroatoms. The third kappa shape index (κ3) is 6.37. The zero-order valence-corrected chi connectivity index (χ0v) is 23.3. The molecule has 0 amide bonds. The molecule has 1 N–H and O–H groups in total. The topological polar surface area (TPSA) is 76.0 Å². The van der Waals surface area contributed by atoms with Gasteiger partial charge in [0, 0.05) is 47.3 Å². The van der Waals surface area contributed by atoms with Gasteiger partial charge in [-0.25, -0.2) is 9.78 Å². The molecule has 3 aromatic rings. The van der Waals surface area contributed by atoms with Crippen LogP contribution in [0.25, 0.3) is 11.1 Å². The fraction of sp³-hybridized carbons (Fsp3) is 0.345. The number of aliphatic imine (C=N–C) groups is 1. The van der Waals surface area contributed by atoms with Gasteiger partial charge < -0.3 is 19.7 Å². The van der Waals surface area contributed by atoms with Crippen LogP contribution in [0.1, 0.15) is 36.8 Å². The molecule has 0 radical (unpaired) electrons. The van der Waals surface area contributed by atoms with Gasteiger partial charge in [-0.05, 0) is 60.4 Å². The number of halogens is 1. The fourth-order valence-electron chi connectivity index (χ4n) is 4.47. The lowest BCUT2D eigenvalue weighted by Gasteiger charge is -2.29. The van der Waals surface area contributed by atoms with Gasteiger partial charge >= 0.3 is 5.97 Å². The van der Waals surface area contributed by atoms with Crippen molar-refractivity contribution < 1.29 is 14.3 Å². The monoisotopic (exact) mass is 564 g/mol. The molecule has 0 unspecified atom stereocenters. The van der Waals surface area contributed by atoms with Crippen molar-refractivity contribution in [3.8, 4) is 11.1 Å². The number of benzene rings is 2. The summed E-state index contributed by atoms with van der Waals surface area (Å²) in [7, 11) is 1.79. The molecule has 0 saturated carbocycles. The Bertz CT molecular complexity index is 1270. The highest BCUT2D eigenvalue weighted by Gasteiger charge is 2.24. The van der Waals surface area contributed by atoms with Gasteiger partial charge in [-0.3, -0.25) is 4.99 Å². The van der Waals surface area contributed by atoms with Crippen LogP contribution in [-0.4, -0.2) is 56.6 Å².